The average molecular weight is 258 g/mol. The molecule has 0 fully saturated rings. The molecule has 0 bridgehead atoms. The highest BCUT2D eigenvalue weighted by Crippen LogP contribution is 2.30. The molecular weight excluding hydrogens is 239 g/mol. The minimum Gasteiger partial charge on any atom is -0.358 e. The fourth-order valence-corrected chi connectivity index (χ4v) is 2.55. The van der Waals surface area contributed by atoms with Crippen molar-refractivity contribution in [2.75, 3.05) is 6.54 Å². The SMILES string of the molecule is C=C.CC1CC=NCCc2c1[nH]c1ccc(F)cc21. The minimum atomic E-state index is -0.169. The van der Waals surface area contributed by atoms with Crippen LogP contribution in [0.1, 0.15) is 30.5 Å². The summed E-state index contributed by atoms with van der Waals surface area (Å²) < 4.78 is 13.3. The molecule has 0 spiro atoms. The van der Waals surface area contributed by atoms with E-state index in [0.29, 0.717) is 5.92 Å². The third kappa shape index (κ3) is 2.60. The summed E-state index contributed by atoms with van der Waals surface area (Å²) in [6.07, 6.45) is 3.83. The maximum atomic E-state index is 13.3. The molecule has 1 aliphatic rings. The lowest BCUT2D eigenvalue weighted by Crippen LogP contribution is -2.04. The van der Waals surface area contributed by atoms with Gasteiger partial charge in [0.15, 0.2) is 0 Å². The van der Waals surface area contributed by atoms with Crippen molar-refractivity contribution >= 4 is 17.1 Å². The first-order valence-electron chi connectivity index (χ1n) is 6.54. The lowest BCUT2D eigenvalue weighted by molar-refractivity contribution is 0.629. The van der Waals surface area contributed by atoms with E-state index < -0.39 is 0 Å². The van der Waals surface area contributed by atoms with Crippen LogP contribution in [-0.4, -0.2) is 17.7 Å². The molecule has 0 radical (unpaired) electrons. The first-order chi connectivity index (χ1) is 9.25. The summed E-state index contributed by atoms with van der Waals surface area (Å²) in [5.41, 5.74) is 3.52. The largest absolute Gasteiger partial charge is 0.358 e. The number of rotatable bonds is 0. The van der Waals surface area contributed by atoms with Gasteiger partial charge in [0.05, 0.1) is 0 Å². The highest BCUT2D eigenvalue weighted by atomic mass is 19.1. The average Bonchev–Trinajstić information content (AvgIpc) is 2.76. The summed E-state index contributed by atoms with van der Waals surface area (Å²) in [7, 11) is 0. The number of fused-ring (bicyclic) bond motifs is 3. The first-order valence-corrected chi connectivity index (χ1v) is 6.54. The van der Waals surface area contributed by atoms with Gasteiger partial charge in [0, 0.05) is 29.1 Å². The van der Waals surface area contributed by atoms with Gasteiger partial charge in [0.1, 0.15) is 5.82 Å². The van der Waals surface area contributed by atoms with Gasteiger partial charge in [-0.05, 0) is 42.8 Å². The number of nitrogens with zero attached hydrogens (tertiary/aromatic N) is 1. The summed E-state index contributed by atoms with van der Waals surface area (Å²) in [5, 5.41) is 1.02. The van der Waals surface area contributed by atoms with Crippen LogP contribution >= 0.6 is 0 Å². The van der Waals surface area contributed by atoms with E-state index in [1.165, 1.54) is 17.3 Å². The number of halogens is 1. The van der Waals surface area contributed by atoms with E-state index in [2.05, 4.69) is 30.1 Å². The lowest BCUT2D eigenvalue weighted by atomic mass is 9.96. The summed E-state index contributed by atoms with van der Waals surface area (Å²) in [6, 6.07) is 4.96. The number of aromatic nitrogens is 1. The van der Waals surface area contributed by atoms with Gasteiger partial charge in [-0.3, -0.25) is 4.99 Å². The van der Waals surface area contributed by atoms with Crippen molar-refractivity contribution < 1.29 is 4.39 Å². The molecule has 1 atom stereocenters. The summed E-state index contributed by atoms with van der Waals surface area (Å²) in [6.45, 7) is 8.98. The number of benzene rings is 1. The van der Waals surface area contributed by atoms with E-state index in [0.717, 1.165) is 30.3 Å². The normalized spacial score (nSPS) is 18.1. The first kappa shape index (κ1) is 13.5. The molecule has 0 amide bonds. The van der Waals surface area contributed by atoms with Crippen LogP contribution in [0.2, 0.25) is 0 Å². The Kier molecular flexibility index (Phi) is 4.15. The molecule has 1 aliphatic heterocycles. The maximum absolute atomic E-state index is 13.3. The maximum Gasteiger partial charge on any atom is 0.123 e. The number of H-pyrrole nitrogens is 1. The fourth-order valence-electron chi connectivity index (χ4n) is 2.55. The standard InChI is InChI=1S/C14H15FN2.C2H4/c1-9-4-6-16-7-5-11-12-8-10(15)2-3-13(12)17-14(9)11;1-2/h2-3,6,8-9,17H,4-5,7H2,1H3;1-2H2. The minimum absolute atomic E-state index is 0.169. The van der Waals surface area contributed by atoms with Gasteiger partial charge in [0.25, 0.3) is 0 Å². The van der Waals surface area contributed by atoms with E-state index >= 15 is 0 Å². The molecule has 3 rings (SSSR count). The van der Waals surface area contributed by atoms with Crippen LogP contribution in [0.5, 0.6) is 0 Å². The number of hydrogen-bond donors (Lipinski definition) is 1. The number of nitrogens with one attached hydrogen (secondary N) is 1. The highest BCUT2D eigenvalue weighted by molar-refractivity contribution is 5.85. The Hall–Kier alpha value is -1.90. The van der Waals surface area contributed by atoms with E-state index in [9.17, 15) is 4.39 Å². The summed E-state index contributed by atoms with van der Waals surface area (Å²) in [4.78, 5) is 7.79. The zero-order chi connectivity index (χ0) is 13.8. The Morgan fingerprint density at radius 1 is 1.37 bits per heavy atom. The number of hydrogen-bond acceptors (Lipinski definition) is 1. The smallest absolute Gasteiger partial charge is 0.123 e. The molecule has 0 saturated heterocycles. The van der Waals surface area contributed by atoms with Crippen LogP contribution in [-0.2, 0) is 6.42 Å². The predicted molar refractivity (Wildman–Crippen MR) is 79.6 cm³/mol. The van der Waals surface area contributed by atoms with Crippen LogP contribution in [0.3, 0.4) is 0 Å². The van der Waals surface area contributed by atoms with Gasteiger partial charge in [-0.2, -0.15) is 0 Å². The Morgan fingerprint density at radius 3 is 2.95 bits per heavy atom. The van der Waals surface area contributed by atoms with E-state index in [-0.39, 0.29) is 5.82 Å². The molecule has 2 nitrogen and oxygen atoms in total. The topological polar surface area (TPSA) is 28.1 Å². The molecule has 0 aliphatic carbocycles. The zero-order valence-electron chi connectivity index (χ0n) is 11.2. The third-order valence-corrected chi connectivity index (χ3v) is 3.47. The van der Waals surface area contributed by atoms with Crippen LogP contribution in [0, 0.1) is 5.82 Å². The second-order valence-electron chi connectivity index (χ2n) is 4.68. The van der Waals surface area contributed by atoms with Gasteiger partial charge in [-0.15, -0.1) is 13.2 Å². The van der Waals surface area contributed by atoms with E-state index in [1.54, 1.807) is 6.07 Å². The summed E-state index contributed by atoms with van der Waals surface area (Å²) >= 11 is 0. The van der Waals surface area contributed by atoms with Crippen LogP contribution in [0.4, 0.5) is 4.39 Å². The van der Waals surface area contributed by atoms with Crippen molar-refractivity contribution in [1.82, 2.24) is 4.98 Å². The molecule has 2 aromatic rings. The second kappa shape index (κ2) is 5.83. The highest BCUT2D eigenvalue weighted by Gasteiger charge is 2.17. The fraction of sp³-hybridized carbons (Fsp3) is 0.312. The van der Waals surface area contributed by atoms with Crippen molar-refractivity contribution in [3.63, 3.8) is 0 Å². The van der Waals surface area contributed by atoms with Crippen molar-refractivity contribution in [2.45, 2.75) is 25.7 Å². The molecule has 1 aromatic carbocycles. The predicted octanol–water partition coefficient (Wildman–Crippen LogP) is 4.23. The second-order valence-corrected chi connectivity index (χ2v) is 4.68. The molecule has 1 unspecified atom stereocenters. The summed E-state index contributed by atoms with van der Waals surface area (Å²) in [5.74, 6) is 0.252. The van der Waals surface area contributed by atoms with E-state index in [4.69, 9.17) is 0 Å². The molecule has 3 heteroatoms. The zero-order valence-corrected chi connectivity index (χ0v) is 11.2. The van der Waals surface area contributed by atoms with Crippen molar-refractivity contribution in [2.24, 2.45) is 4.99 Å². The van der Waals surface area contributed by atoms with Crippen molar-refractivity contribution in [1.29, 1.82) is 0 Å². The Bertz CT molecular complexity index is 598. The number of aromatic amines is 1. The molecular formula is C16H19FN2. The quantitative estimate of drug-likeness (QED) is 0.685. The van der Waals surface area contributed by atoms with Gasteiger partial charge < -0.3 is 4.98 Å². The van der Waals surface area contributed by atoms with Crippen LogP contribution < -0.4 is 0 Å². The Labute approximate surface area is 113 Å². The lowest BCUT2D eigenvalue weighted by Gasteiger charge is -2.12. The van der Waals surface area contributed by atoms with Gasteiger partial charge in [0.2, 0.25) is 0 Å². The van der Waals surface area contributed by atoms with Crippen LogP contribution in [0.25, 0.3) is 10.9 Å². The number of aliphatic imine (C=N–C) groups is 1. The van der Waals surface area contributed by atoms with E-state index in [1.807, 2.05) is 12.3 Å². The molecule has 100 valence electrons. The molecule has 19 heavy (non-hydrogen) atoms. The molecule has 1 aromatic heterocycles. The monoisotopic (exact) mass is 258 g/mol. The van der Waals surface area contributed by atoms with Crippen molar-refractivity contribution in [3.05, 3.63) is 48.4 Å². The van der Waals surface area contributed by atoms with Gasteiger partial charge in [-0.1, -0.05) is 6.92 Å². The molecule has 0 saturated carbocycles. The molecule has 2 heterocycles. The Balaban J connectivity index is 0.000000637. The van der Waals surface area contributed by atoms with Gasteiger partial charge >= 0.3 is 0 Å². The van der Waals surface area contributed by atoms with Crippen molar-refractivity contribution in [3.8, 4) is 0 Å². The van der Waals surface area contributed by atoms with Gasteiger partial charge in [-0.25, -0.2) is 4.39 Å². The third-order valence-electron chi connectivity index (χ3n) is 3.47. The molecule has 1 N–H and O–H groups in total. The Morgan fingerprint density at radius 2 is 2.16 bits per heavy atom. The van der Waals surface area contributed by atoms with Crippen LogP contribution in [0.15, 0.2) is 36.3 Å².